The molecule has 31 heavy (non-hydrogen) atoms. The van der Waals surface area contributed by atoms with Gasteiger partial charge in [0.1, 0.15) is 17.2 Å². The predicted octanol–water partition coefficient (Wildman–Crippen LogP) is 5.49. The van der Waals surface area contributed by atoms with Crippen LogP contribution in [0.5, 0.6) is 17.2 Å². The lowest BCUT2D eigenvalue weighted by atomic mass is 10.2. The molecule has 0 fully saturated rings. The van der Waals surface area contributed by atoms with E-state index in [0.29, 0.717) is 11.3 Å². The highest BCUT2D eigenvalue weighted by atomic mass is 127. The molecule has 162 valence electrons. The summed E-state index contributed by atoms with van der Waals surface area (Å²) in [5.41, 5.74) is 0.426. The van der Waals surface area contributed by atoms with Crippen LogP contribution in [0.2, 0.25) is 0 Å². The molecule has 0 spiro atoms. The van der Waals surface area contributed by atoms with E-state index < -0.39 is 15.7 Å². The van der Waals surface area contributed by atoms with Crippen LogP contribution in [0.25, 0.3) is 0 Å². The Bertz CT molecular complexity index is 978. The largest absolute Gasteiger partial charge is 0.497 e. The second-order valence-electron chi connectivity index (χ2n) is 6.15. The Hall–Kier alpha value is -3.07. The van der Waals surface area contributed by atoms with Crippen LogP contribution in [0.1, 0.15) is 19.4 Å². The van der Waals surface area contributed by atoms with Gasteiger partial charge in [0.15, 0.2) is 0 Å². The summed E-state index contributed by atoms with van der Waals surface area (Å²) in [4.78, 5) is 22.8. The predicted molar refractivity (Wildman–Crippen MR) is 125 cm³/mol. The molecule has 1 atom stereocenters. The zero-order valence-electron chi connectivity index (χ0n) is 17.4. The van der Waals surface area contributed by atoms with Gasteiger partial charge in [-0.2, -0.15) is 0 Å². The summed E-state index contributed by atoms with van der Waals surface area (Å²) < 4.78 is 19.9. The minimum Gasteiger partial charge on any atom is -0.497 e. The molecule has 0 aliphatic rings. The van der Waals surface area contributed by atoms with Gasteiger partial charge in [-0.1, -0.05) is 48.5 Å². The highest BCUT2D eigenvalue weighted by molar-refractivity contribution is 14.1. The number of esters is 2. The number of hydrogen-bond acceptors (Lipinski definition) is 6. The molecular formula is C24H23IO6. The lowest BCUT2D eigenvalue weighted by Crippen LogP contribution is -2.32. The second kappa shape index (κ2) is 11.9. The number of hydrogen-bond donors (Lipinski definition) is 0. The van der Waals surface area contributed by atoms with Crippen molar-refractivity contribution in [3.8, 4) is 17.2 Å². The normalized spacial score (nSPS) is 11.7. The van der Waals surface area contributed by atoms with E-state index in [9.17, 15) is 9.59 Å². The Kier molecular flexibility index (Phi) is 9.33. The Morgan fingerprint density at radius 2 is 1.26 bits per heavy atom. The monoisotopic (exact) mass is 534 g/mol. The van der Waals surface area contributed by atoms with Crippen molar-refractivity contribution in [3.63, 3.8) is 0 Å². The van der Waals surface area contributed by atoms with E-state index in [0.717, 1.165) is 5.75 Å². The van der Waals surface area contributed by atoms with Gasteiger partial charge >= 0.3 is 15.7 Å². The first kappa shape index (κ1) is 24.2. The average molecular weight is 534 g/mol. The molecule has 3 aromatic carbocycles. The fourth-order valence-electron chi connectivity index (χ4n) is 2.47. The third-order valence-electron chi connectivity index (χ3n) is 3.71. The first-order valence-electron chi connectivity index (χ1n) is 9.33. The maximum atomic E-state index is 11.5. The molecule has 6 nitrogen and oxygen atoms in total. The van der Waals surface area contributed by atoms with Crippen LogP contribution in [0.4, 0.5) is 0 Å². The molecule has 0 amide bonds. The number of carbonyl (C=O) groups is 2. The van der Waals surface area contributed by atoms with Crippen LogP contribution < -0.4 is 14.2 Å². The van der Waals surface area contributed by atoms with Gasteiger partial charge in [-0.3, -0.25) is 9.59 Å². The van der Waals surface area contributed by atoms with Gasteiger partial charge in [0, 0.05) is 36.4 Å². The van der Waals surface area contributed by atoms with Crippen LogP contribution in [-0.2, 0) is 18.1 Å². The van der Waals surface area contributed by atoms with E-state index in [-0.39, 0.29) is 5.75 Å². The van der Waals surface area contributed by atoms with Crippen molar-refractivity contribution < 1.29 is 28.5 Å². The Balaban J connectivity index is 0.000000357. The summed E-state index contributed by atoms with van der Waals surface area (Å²) in [7, 11) is 1.66. The third-order valence-corrected chi connectivity index (χ3v) is 4.73. The van der Waals surface area contributed by atoms with Gasteiger partial charge in [0.2, 0.25) is 0 Å². The minimum atomic E-state index is -1.46. The number of methoxy groups -OCH3 is 1. The SMILES string of the molecule is CC(=O)Oc1ccccc1C(I)(OC(C)=O)Oc1ccccc1.COc1ccccc1. The molecule has 1 unspecified atom stereocenters. The lowest BCUT2D eigenvalue weighted by molar-refractivity contribution is -0.166. The van der Waals surface area contributed by atoms with E-state index >= 15 is 0 Å². The summed E-state index contributed by atoms with van der Waals surface area (Å²) in [6, 6.07) is 25.4. The quantitative estimate of drug-likeness (QED) is 0.137. The maximum absolute atomic E-state index is 11.5. The lowest BCUT2D eigenvalue weighted by Gasteiger charge is -2.29. The van der Waals surface area contributed by atoms with Gasteiger partial charge < -0.3 is 18.9 Å². The van der Waals surface area contributed by atoms with Crippen molar-refractivity contribution in [2.45, 2.75) is 17.6 Å². The van der Waals surface area contributed by atoms with Crippen LogP contribution in [0.3, 0.4) is 0 Å². The highest BCUT2D eigenvalue weighted by Gasteiger charge is 2.38. The van der Waals surface area contributed by atoms with Crippen LogP contribution in [0, 0.1) is 0 Å². The molecule has 0 heterocycles. The van der Waals surface area contributed by atoms with Gasteiger partial charge in [0.05, 0.1) is 12.7 Å². The molecule has 0 radical (unpaired) electrons. The van der Waals surface area contributed by atoms with Gasteiger partial charge in [-0.15, -0.1) is 0 Å². The fraction of sp³-hybridized carbons (Fsp3) is 0.167. The summed E-state index contributed by atoms with van der Waals surface area (Å²) in [6.45, 7) is 2.59. The van der Waals surface area contributed by atoms with E-state index in [1.807, 2.05) is 59.0 Å². The Morgan fingerprint density at radius 3 is 1.74 bits per heavy atom. The standard InChI is InChI=1S/C17H15IO5.C7H8O/c1-12(19)21-16-11-7-6-10-15(16)17(18,22-13(2)20)23-14-8-4-3-5-9-14;1-8-7-5-3-2-4-6-7/h3-11H,1-2H3;2-6H,1H3. The smallest absolute Gasteiger partial charge is 0.336 e. The number of ether oxygens (including phenoxy) is 4. The summed E-state index contributed by atoms with van der Waals surface area (Å²) in [5, 5.41) is 0. The minimum absolute atomic E-state index is 0.270. The molecule has 0 aromatic heterocycles. The zero-order chi connectivity index (χ0) is 22.7. The first-order chi connectivity index (χ1) is 14.8. The molecule has 7 heteroatoms. The van der Waals surface area contributed by atoms with Crippen LogP contribution in [-0.4, -0.2) is 19.0 Å². The van der Waals surface area contributed by atoms with Crippen molar-refractivity contribution in [2.24, 2.45) is 0 Å². The molecule has 0 N–H and O–H groups in total. The van der Waals surface area contributed by atoms with Crippen LogP contribution in [0.15, 0.2) is 84.9 Å². The Labute approximate surface area is 195 Å². The number of para-hydroxylation sites is 3. The summed E-state index contributed by atoms with van der Waals surface area (Å²) in [6.07, 6.45) is 0. The number of benzene rings is 3. The zero-order valence-corrected chi connectivity index (χ0v) is 19.6. The van der Waals surface area contributed by atoms with E-state index in [4.69, 9.17) is 18.9 Å². The van der Waals surface area contributed by atoms with Crippen molar-refractivity contribution in [1.29, 1.82) is 0 Å². The van der Waals surface area contributed by atoms with E-state index in [2.05, 4.69) is 0 Å². The van der Waals surface area contributed by atoms with Crippen molar-refractivity contribution >= 4 is 34.5 Å². The summed E-state index contributed by atoms with van der Waals surface area (Å²) in [5.74, 6) is 0.701. The van der Waals surface area contributed by atoms with Crippen molar-refractivity contribution in [1.82, 2.24) is 0 Å². The molecule has 0 aliphatic heterocycles. The second-order valence-corrected chi connectivity index (χ2v) is 7.57. The van der Waals surface area contributed by atoms with Crippen LogP contribution >= 0.6 is 22.6 Å². The highest BCUT2D eigenvalue weighted by Crippen LogP contribution is 2.41. The number of alkyl halides is 1. The number of rotatable bonds is 6. The molecule has 0 saturated heterocycles. The number of halogens is 1. The first-order valence-corrected chi connectivity index (χ1v) is 10.4. The molecule has 0 aliphatic carbocycles. The topological polar surface area (TPSA) is 71.1 Å². The van der Waals surface area contributed by atoms with Gasteiger partial charge in [-0.25, -0.2) is 0 Å². The van der Waals surface area contributed by atoms with Gasteiger partial charge in [-0.05, 0) is 36.4 Å². The van der Waals surface area contributed by atoms with Crippen molar-refractivity contribution in [3.05, 3.63) is 90.5 Å². The Morgan fingerprint density at radius 1 is 0.742 bits per heavy atom. The molecule has 0 saturated carbocycles. The summed E-state index contributed by atoms with van der Waals surface area (Å²) >= 11 is 1.88. The van der Waals surface area contributed by atoms with E-state index in [1.54, 1.807) is 55.6 Å². The molecule has 3 aromatic rings. The van der Waals surface area contributed by atoms with E-state index in [1.165, 1.54) is 13.8 Å². The molecular weight excluding hydrogens is 511 g/mol. The molecule has 3 rings (SSSR count). The maximum Gasteiger partial charge on any atom is 0.336 e. The van der Waals surface area contributed by atoms with Gasteiger partial charge in [0.25, 0.3) is 0 Å². The third kappa shape index (κ3) is 7.93. The average Bonchev–Trinajstić information content (AvgIpc) is 2.75. The molecule has 0 bridgehead atoms. The van der Waals surface area contributed by atoms with Crippen molar-refractivity contribution in [2.75, 3.05) is 7.11 Å². The number of carbonyl (C=O) groups excluding carboxylic acids is 2. The fourth-order valence-corrected chi connectivity index (χ4v) is 3.48.